The molecule has 3 rings (SSSR count). The summed E-state index contributed by atoms with van der Waals surface area (Å²) in [6.45, 7) is 4.26. The third-order valence-corrected chi connectivity index (χ3v) is 5.59. The molecular weight excluding hydrogens is 370 g/mol. The lowest BCUT2D eigenvalue weighted by Crippen LogP contribution is -2.44. The standard InChI is InChI=1S/C21H29N5O3/c1-3-4-12-24(2)20(28)16-9-13-25(14-10-16)19(27)11-15-26-21(29)17-7-5-6-8-18(17)22-23-26/h5-8,16H,3-4,9-15H2,1-2H3. The van der Waals surface area contributed by atoms with Crippen molar-refractivity contribution in [2.75, 3.05) is 26.7 Å². The van der Waals surface area contributed by atoms with Crippen LogP contribution in [0.1, 0.15) is 39.0 Å². The maximum atomic E-state index is 12.6. The fourth-order valence-electron chi connectivity index (χ4n) is 3.72. The molecule has 2 amide bonds. The van der Waals surface area contributed by atoms with Gasteiger partial charge in [0.2, 0.25) is 11.8 Å². The molecule has 8 heteroatoms. The van der Waals surface area contributed by atoms with Gasteiger partial charge in [0.05, 0.1) is 11.9 Å². The third-order valence-electron chi connectivity index (χ3n) is 5.59. The van der Waals surface area contributed by atoms with Gasteiger partial charge in [-0.25, -0.2) is 4.68 Å². The van der Waals surface area contributed by atoms with E-state index in [1.54, 1.807) is 29.2 Å². The van der Waals surface area contributed by atoms with Crippen LogP contribution in [0.2, 0.25) is 0 Å². The van der Waals surface area contributed by atoms with Gasteiger partial charge in [-0.15, -0.1) is 5.10 Å². The Morgan fingerprint density at radius 3 is 2.66 bits per heavy atom. The number of nitrogens with zero attached hydrogens (tertiary/aromatic N) is 5. The van der Waals surface area contributed by atoms with Crippen LogP contribution in [0.25, 0.3) is 10.9 Å². The van der Waals surface area contributed by atoms with Crippen LogP contribution in [0.3, 0.4) is 0 Å². The van der Waals surface area contributed by atoms with Gasteiger partial charge in [0, 0.05) is 39.0 Å². The Hall–Kier alpha value is -2.77. The number of carbonyl (C=O) groups excluding carboxylic acids is 2. The first-order chi connectivity index (χ1) is 14.0. The second-order valence-corrected chi connectivity index (χ2v) is 7.65. The number of hydrogen-bond acceptors (Lipinski definition) is 5. The molecular formula is C21H29N5O3. The van der Waals surface area contributed by atoms with Crippen molar-refractivity contribution < 1.29 is 9.59 Å². The van der Waals surface area contributed by atoms with Gasteiger partial charge in [-0.1, -0.05) is 30.7 Å². The number of carbonyl (C=O) groups is 2. The van der Waals surface area contributed by atoms with Gasteiger partial charge in [0.1, 0.15) is 5.52 Å². The molecule has 0 radical (unpaired) electrons. The predicted octanol–water partition coefficient (Wildman–Crippen LogP) is 1.68. The summed E-state index contributed by atoms with van der Waals surface area (Å²) in [5.74, 6) is 0.163. The fourth-order valence-corrected chi connectivity index (χ4v) is 3.72. The molecule has 0 atom stereocenters. The zero-order valence-electron chi connectivity index (χ0n) is 17.2. The molecule has 2 aromatic rings. The first kappa shape index (κ1) is 21.0. The van der Waals surface area contributed by atoms with E-state index >= 15 is 0 Å². The van der Waals surface area contributed by atoms with Crippen LogP contribution < -0.4 is 5.56 Å². The molecule has 0 spiro atoms. The molecule has 0 saturated carbocycles. The zero-order chi connectivity index (χ0) is 20.8. The summed E-state index contributed by atoms with van der Waals surface area (Å²) in [6, 6.07) is 7.04. The van der Waals surface area contributed by atoms with Gasteiger partial charge in [-0.3, -0.25) is 14.4 Å². The highest BCUT2D eigenvalue weighted by molar-refractivity contribution is 5.80. The van der Waals surface area contributed by atoms with E-state index in [9.17, 15) is 14.4 Å². The van der Waals surface area contributed by atoms with Crippen LogP contribution in [-0.2, 0) is 16.1 Å². The lowest BCUT2D eigenvalue weighted by Gasteiger charge is -2.33. The number of amides is 2. The fraction of sp³-hybridized carbons (Fsp3) is 0.571. The van der Waals surface area contributed by atoms with E-state index in [0.717, 1.165) is 19.4 Å². The molecule has 0 aliphatic carbocycles. The van der Waals surface area contributed by atoms with Gasteiger partial charge >= 0.3 is 0 Å². The molecule has 0 bridgehead atoms. The summed E-state index contributed by atoms with van der Waals surface area (Å²) in [5.41, 5.74) is 0.318. The molecule has 0 N–H and O–H groups in total. The second-order valence-electron chi connectivity index (χ2n) is 7.65. The molecule has 1 saturated heterocycles. The van der Waals surface area contributed by atoms with Crippen molar-refractivity contribution in [2.45, 2.75) is 45.6 Å². The topological polar surface area (TPSA) is 88.4 Å². The van der Waals surface area contributed by atoms with Crippen molar-refractivity contribution in [3.8, 4) is 0 Å². The molecule has 1 aromatic carbocycles. The first-order valence-electron chi connectivity index (χ1n) is 10.4. The van der Waals surface area contributed by atoms with Gasteiger partial charge < -0.3 is 9.80 Å². The number of likely N-dealkylation sites (tertiary alicyclic amines) is 1. The highest BCUT2D eigenvalue weighted by Gasteiger charge is 2.28. The second kappa shape index (κ2) is 9.62. The third kappa shape index (κ3) is 4.99. The first-order valence-corrected chi connectivity index (χ1v) is 10.4. The summed E-state index contributed by atoms with van der Waals surface area (Å²) < 4.78 is 1.25. The predicted molar refractivity (Wildman–Crippen MR) is 110 cm³/mol. The SMILES string of the molecule is CCCCN(C)C(=O)C1CCN(C(=O)CCn2nnc3ccccc3c2=O)CC1. The van der Waals surface area contributed by atoms with Crippen molar-refractivity contribution in [3.05, 3.63) is 34.6 Å². The number of hydrogen-bond donors (Lipinski definition) is 0. The largest absolute Gasteiger partial charge is 0.346 e. The maximum absolute atomic E-state index is 12.6. The number of aryl methyl sites for hydroxylation is 1. The molecule has 29 heavy (non-hydrogen) atoms. The van der Waals surface area contributed by atoms with E-state index in [1.165, 1.54) is 4.68 Å². The summed E-state index contributed by atoms with van der Waals surface area (Å²) in [4.78, 5) is 41.1. The van der Waals surface area contributed by atoms with E-state index < -0.39 is 0 Å². The normalized spacial score (nSPS) is 14.9. The van der Waals surface area contributed by atoms with E-state index in [-0.39, 0.29) is 36.3 Å². The van der Waals surface area contributed by atoms with Gasteiger partial charge in [0.25, 0.3) is 5.56 Å². The van der Waals surface area contributed by atoms with Crippen molar-refractivity contribution >= 4 is 22.7 Å². The monoisotopic (exact) mass is 399 g/mol. The molecule has 8 nitrogen and oxygen atoms in total. The number of aromatic nitrogens is 3. The van der Waals surface area contributed by atoms with Crippen molar-refractivity contribution in [3.63, 3.8) is 0 Å². The van der Waals surface area contributed by atoms with Crippen molar-refractivity contribution in [1.29, 1.82) is 0 Å². The number of piperidine rings is 1. The Balaban J connectivity index is 1.51. The highest BCUT2D eigenvalue weighted by atomic mass is 16.2. The summed E-state index contributed by atoms with van der Waals surface area (Å²) in [7, 11) is 1.86. The summed E-state index contributed by atoms with van der Waals surface area (Å²) in [5, 5.41) is 8.48. The lowest BCUT2D eigenvalue weighted by molar-refractivity contribution is -0.140. The number of fused-ring (bicyclic) bond motifs is 1. The zero-order valence-corrected chi connectivity index (χ0v) is 17.2. The molecule has 1 aliphatic heterocycles. The molecule has 1 aliphatic rings. The lowest BCUT2D eigenvalue weighted by atomic mass is 9.95. The maximum Gasteiger partial charge on any atom is 0.277 e. The van der Waals surface area contributed by atoms with Crippen molar-refractivity contribution in [2.24, 2.45) is 5.92 Å². The molecule has 0 unspecified atom stereocenters. The average Bonchev–Trinajstić information content (AvgIpc) is 2.76. The minimum atomic E-state index is -0.233. The van der Waals surface area contributed by atoms with Crippen LogP contribution >= 0.6 is 0 Å². The van der Waals surface area contributed by atoms with Crippen LogP contribution in [0.4, 0.5) is 0 Å². The van der Waals surface area contributed by atoms with Gasteiger partial charge in [0.15, 0.2) is 0 Å². The van der Waals surface area contributed by atoms with Crippen molar-refractivity contribution in [1.82, 2.24) is 24.8 Å². The Morgan fingerprint density at radius 1 is 1.21 bits per heavy atom. The molecule has 1 fully saturated rings. The van der Waals surface area contributed by atoms with E-state index in [4.69, 9.17) is 0 Å². The Morgan fingerprint density at radius 2 is 1.93 bits per heavy atom. The molecule has 1 aromatic heterocycles. The number of rotatable bonds is 7. The quantitative estimate of drug-likeness (QED) is 0.707. The summed E-state index contributed by atoms with van der Waals surface area (Å²) >= 11 is 0. The minimum absolute atomic E-state index is 0.00474. The summed E-state index contributed by atoms with van der Waals surface area (Å²) in [6.07, 6.45) is 3.65. The van der Waals surface area contributed by atoms with E-state index in [1.807, 2.05) is 11.9 Å². The molecule has 2 heterocycles. The smallest absolute Gasteiger partial charge is 0.277 e. The van der Waals surface area contributed by atoms with Crippen LogP contribution in [-0.4, -0.2) is 63.3 Å². The molecule has 156 valence electrons. The van der Waals surface area contributed by atoms with E-state index in [2.05, 4.69) is 17.2 Å². The van der Waals surface area contributed by atoms with Gasteiger partial charge in [-0.05, 0) is 31.4 Å². The van der Waals surface area contributed by atoms with E-state index in [0.29, 0.717) is 36.8 Å². The van der Waals surface area contributed by atoms with Crippen LogP contribution in [0.5, 0.6) is 0 Å². The minimum Gasteiger partial charge on any atom is -0.346 e. The highest BCUT2D eigenvalue weighted by Crippen LogP contribution is 2.20. The average molecular weight is 399 g/mol. The number of unbranched alkanes of at least 4 members (excludes halogenated alkanes) is 1. The van der Waals surface area contributed by atoms with Crippen LogP contribution in [0, 0.1) is 5.92 Å². The Kier molecular flexibility index (Phi) is 6.95. The Labute approximate surface area is 170 Å². The van der Waals surface area contributed by atoms with Gasteiger partial charge in [-0.2, -0.15) is 0 Å². The Bertz CT molecular complexity index is 918. The van der Waals surface area contributed by atoms with Crippen LogP contribution in [0.15, 0.2) is 29.1 Å². The number of benzene rings is 1.